The molecule has 1 aromatic carbocycles. The maximum Gasteiger partial charge on any atom is 0.419 e. The van der Waals surface area contributed by atoms with Crippen LogP contribution in [0.2, 0.25) is 5.02 Å². The molecule has 1 N–H and O–H groups in total. The lowest BCUT2D eigenvalue weighted by molar-refractivity contribution is 0.527. The molecule has 4 nitrogen and oxygen atoms in total. The molecule has 0 spiro atoms. The molecule has 0 saturated carbocycles. The van der Waals surface area contributed by atoms with Crippen molar-refractivity contribution in [3.63, 3.8) is 0 Å². The molecule has 0 aliphatic carbocycles. The molecule has 0 amide bonds. The zero-order chi connectivity index (χ0) is 11.0. The Bertz CT molecular complexity index is 556. The number of benzene rings is 1. The summed E-state index contributed by atoms with van der Waals surface area (Å²) in [5, 5.41) is 3.55. The second-order valence-electron chi connectivity index (χ2n) is 3.38. The number of aryl methyl sites for hydroxylation is 1. The van der Waals surface area contributed by atoms with E-state index in [-0.39, 0.29) is 0 Å². The molecule has 0 unspecified atom stereocenters. The number of oxazole rings is 1. The van der Waals surface area contributed by atoms with Gasteiger partial charge in [-0.1, -0.05) is 11.6 Å². The molecule has 0 radical (unpaired) electrons. The van der Waals surface area contributed by atoms with E-state index in [1.165, 1.54) is 4.57 Å². The van der Waals surface area contributed by atoms with Crippen LogP contribution in [0.4, 0.5) is 0 Å². The van der Waals surface area contributed by atoms with E-state index in [9.17, 15) is 4.79 Å². The van der Waals surface area contributed by atoms with Crippen LogP contribution in [0.25, 0.3) is 11.1 Å². The molecule has 5 heteroatoms. The fraction of sp³-hybridized carbons (Fsp3) is 0.300. The van der Waals surface area contributed by atoms with E-state index >= 15 is 0 Å². The molecule has 2 aromatic rings. The molecule has 0 aliphatic rings. The van der Waals surface area contributed by atoms with Crippen molar-refractivity contribution in [2.24, 2.45) is 7.05 Å². The Balaban J connectivity index is 2.73. The van der Waals surface area contributed by atoms with Crippen molar-refractivity contribution in [2.75, 3.05) is 7.05 Å². The lowest BCUT2D eigenvalue weighted by Crippen LogP contribution is -2.08. The summed E-state index contributed by atoms with van der Waals surface area (Å²) < 4.78 is 6.47. The van der Waals surface area contributed by atoms with Crippen LogP contribution >= 0.6 is 11.6 Å². The van der Waals surface area contributed by atoms with Crippen LogP contribution in [0.1, 0.15) is 5.56 Å². The highest BCUT2D eigenvalue weighted by atomic mass is 35.5. The number of rotatable bonds is 2. The standard InChI is InChI=1S/C10H11ClN2O2/c1-12-5-6-3-7(11)9-8(4-6)15-10(14)13(9)2/h3-4,12H,5H2,1-2H3. The number of fused-ring (bicyclic) bond motifs is 1. The second-order valence-corrected chi connectivity index (χ2v) is 3.79. The van der Waals surface area contributed by atoms with Crippen LogP contribution in [0.15, 0.2) is 21.3 Å². The monoisotopic (exact) mass is 226 g/mol. The molecule has 80 valence electrons. The quantitative estimate of drug-likeness (QED) is 0.844. The maximum absolute atomic E-state index is 11.3. The molecule has 2 rings (SSSR count). The molecular weight excluding hydrogens is 216 g/mol. The largest absolute Gasteiger partial charge is 0.419 e. The first kappa shape index (κ1) is 10.3. The predicted octanol–water partition coefficient (Wildman–Crippen LogP) is 1.50. The number of halogens is 1. The number of hydrogen-bond donors (Lipinski definition) is 1. The van der Waals surface area contributed by atoms with E-state index in [1.807, 2.05) is 19.2 Å². The third-order valence-corrected chi connectivity index (χ3v) is 2.56. The highest BCUT2D eigenvalue weighted by Crippen LogP contribution is 2.24. The zero-order valence-electron chi connectivity index (χ0n) is 8.50. The lowest BCUT2D eigenvalue weighted by Gasteiger charge is -2.01. The van der Waals surface area contributed by atoms with Gasteiger partial charge in [0.15, 0.2) is 5.58 Å². The van der Waals surface area contributed by atoms with Crippen LogP contribution in [0.3, 0.4) is 0 Å². The first-order valence-corrected chi connectivity index (χ1v) is 4.94. The number of nitrogens with one attached hydrogen (secondary N) is 1. The summed E-state index contributed by atoms with van der Waals surface area (Å²) in [4.78, 5) is 11.3. The third kappa shape index (κ3) is 1.66. The highest BCUT2D eigenvalue weighted by molar-refractivity contribution is 6.35. The van der Waals surface area contributed by atoms with Gasteiger partial charge >= 0.3 is 5.76 Å². The Morgan fingerprint density at radius 3 is 2.93 bits per heavy atom. The van der Waals surface area contributed by atoms with Gasteiger partial charge in [0.25, 0.3) is 0 Å². The number of aromatic nitrogens is 1. The van der Waals surface area contributed by atoms with Crippen LogP contribution in [0.5, 0.6) is 0 Å². The molecule has 0 saturated heterocycles. The van der Waals surface area contributed by atoms with Crippen molar-refractivity contribution in [3.8, 4) is 0 Å². The molecule has 15 heavy (non-hydrogen) atoms. The van der Waals surface area contributed by atoms with Crippen molar-refractivity contribution in [1.29, 1.82) is 0 Å². The Morgan fingerprint density at radius 1 is 1.53 bits per heavy atom. The minimum Gasteiger partial charge on any atom is -0.408 e. The smallest absolute Gasteiger partial charge is 0.408 e. The fourth-order valence-electron chi connectivity index (χ4n) is 1.59. The van der Waals surface area contributed by atoms with Gasteiger partial charge in [-0.05, 0) is 24.7 Å². The van der Waals surface area contributed by atoms with Crippen LogP contribution in [-0.2, 0) is 13.6 Å². The van der Waals surface area contributed by atoms with Crippen LogP contribution in [-0.4, -0.2) is 11.6 Å². The topological polar surface area (TPSA) is 47.2 Å². The highest BCUT2D eigenvalue weighted by Gasteiger charge is 2.10. The van der Waals surface area contributed by atoms with E-state index in [0.29, 0.717) is 22.7 Å². The Morgan fingerprint density at radius 2 is 2.27 bits per heavy atom. The fourth-order valence-corrected chi connectivity index (χ4v) is 1.95. The summed E-state index contributed by atoms with van der Waals surface area (Å²) in [6.45, 7) is 0.689. The molecule has 0 aliphatic heterocycles. The van der Waals surface area contributed by atoms with E-state index in [4.69, 9.17) is 16.0 Å². The van der Waals surface area contributed by atoms with Gasteiger partial charge in [0, 0.05) is 13.6 Å². The minimum atomic E-state index is -0.395. The average molecular weight is 227 g/mol. The Labute approximate surface area is 91.4 Å². The third-order valence-electron chi connectivity index (χ3n) is 2.28. The van der Waals surface area contributed by atoms with Gasteiger partial charge in [0.2, 0.25) is 0 Å². The molecule has 1 aromatic heterocycles. The Kier molecular flexibility index (Phi) is 2.54. The summed E-state index contributed by atoms with van der Waals surface area (Å²) in [7, 11) is 3.48. The van der Waals surface area contributed by atoms with Crippen molar-refractivity contribution in [3.05, 3.63) is 33.3 Å². The normalized spacial score (nSPS) is 11.1. The van der Waals surface area contributed by atoms with E-state index in [1.54, 1.807) is 7.05 Å². The maximum atomic E-state index is 11.3. The van der Waals surface area contributed by atoms with Crippen molar-refractivity contribution in [2.45, 2.75) is 6.54 Å². The van der Waals surface area contributed by atoms with E-state index in [2.05, 4.69) is 5.32 Å². The van der Waals surface area contributed by atoms with Crippen molar-refractivity contribution in [1.82, 2.24) is 9.88 Å². The van der Waals surface area contributed by atoms with Crippen molar-refractivity contribution < 1.29 is 4.42 Å². The summed E-state index contributed by atoms with van der Waals surface area (Å²) in [6, 6.07) is 3.65. The lowest BCUT2D eigenvalue weighted by atomic mass is 10.2. The molecule has 0 atom stereocenters. The molecule has 0 fully saturated rings. The SMILES string of the molecule is CNCc1cc(Cl)c2c(c1)oc(=O)n2C. The summed E-state index contributed by atoms with van der Waals surface area (Å²) in [6.07, 6.45) is 0. The van der Waals surface area contributed by atoms with Crippen LogP contribution in [0, 0.1) is 0 Å². The minimum absolute atomic E-state index is 0.395. The predicted molar refractivity (Wildman–Crippen MR) is 59.2 cm³/mol. The first-order chi connectivity index (χ1) is 7.13. The molecule has 1 heterocycles. The van der Waals surface area contributed by atoms with E-state index < -0.39 is 5.76 Å². The van der Waals surface area contributed by atoms with Gasteiger partial charge in [-0.2, -0.15) is 0 Å². The zero-order valence-corrected chi connectivity index (χ0v) is 9.26. The van der Waals surface area contributed by atoms with Gasteiger partial charge in [0.1, 0.15) is 5.52 Å². The molecule has 0 bridgehead atoms. The van der Waals surface area contributed by atoms with Gasteiger partial charge in [-0.3, -0.25) is 4.57 Å². The second kappa shape index (κ2) is 3.72. The Hall–Kier alpha value is -1.26. The number of hydrogen-bond acceptors (Lipinski definition) is 3. The van der Waals surface area contributed by atoms with Crippen molar-refractivity contribution >= 4 is 22.7 Å². The van der Waals surface area contributed by atoms with Crippen LogP contribution < -0.4 is 11.1 Å². The summed E-state index contributed by atoms with van der Waals surface area (Å²) >= 11 is 6.07. The summed E-state index contributed by atoms with van der Waals surface area (Å²) in [5.41, 5.74) is 2.16. The van der Waals surface area contributed by atoms with Gasteiger partial charge in [0.05, 0.1) is 5.02 Å². The number of nitrogens with zero attached hydrogens (tertiary/aromatic N) is 1. The average Bonchev–Trinajstić information content (AvgIpc) is 2.43. The summed E-state index contributed by atoms with van der Waals surface area (Å²) in [5.74, 6) is -0.395. The van der Waals surface area contributed by atoms with Gasteiger partial charge < -0.3 is 9.73 Å². The van der Waals surface area contributed by atoms with Gasteiger partial charge in [-0.15, -0.1) is 0 Å². The molecular formula is C10H11ClN2O2. The first-order valence-electron chi connectivity index (χ1n) is 4.56. The van der Waals surface area contributed by atoms with Gasteiger partial charge in [-0.25, -0.2) is 4.79 Å². The van der Waals surface area contributed by atoms with E-state index in [0.717, 1.165) is 5.56 Å².